The minimum absolute atomic E-state index is 0.271. The smallest absolute Gasteiger partial charge is 0.339 e. The van der Waals surface area contributed by atoms with Gasteiger partial charge in [0, 0.05) is 11.1 Å². The first-order valence-corrected chi connectivity index (χ1v) is 14.1. The molecule has 0 spiro atoms. The molecule has 0 radical (unpaired) electrons. The molecule has 46 heavy (non-hydrogen) atoms. The number of ether oxygens (including phenoxy) is 8. The molecule has 0 saturated carbocycles. The third kappa shape index (κ3) is 8.01. The molecule has 0 unspecified atom stereocenters. The van der Waals surface area contributed by atoms with Gasteiger partial charge in [-0.05, 0) is 38.8 Å². The fourth-order valence-electron chi connectivity index (χ4n) is 4.75. The SMILES string of the molecule is COC(=O)[C@@H]1OC(C)(C)O[C@H]1C(=O)OCC(=O)c1ccc(-c2ccc(C(=O)COC(=O)[C@@H]3OC(C)(C)O[C@H]3C(=O)OC)cc2)cc1. The Morgan fingerprint density at radius 2 is 0.804 bits per heavy atom. The normalized spacial score (nSPS) is 22.8. The molecule has 246 valence electrons. The highest BCUT2D eigenvalue weighted by Gasteiger charge is 2.51. The zero-order valence-electron chi connectivity index (χ0n) is 26.1. The van der Waals surface area contributed by atoms with E-state index in [1.165, 1.54) is 27.7 Å². The molecule has 0 bridgehead atoms. The molecule has 0 aromatic heterocycles. The van der Waals surface area contributed by atoms with Crippen molar-refractivity contribution in [1.82, 2.24) is 0 Å². The molecule has 4 atom stereocenters. The minimum Gasteiger partial charge on any atom is -0.467 e. The van der Waals surface area contributed by atoms with Gasteiger partial charge in [0.1, 0.15) is 0 Å². The van der Waals surface area contributed by atoms with E-state index in [2.05, 4.69) is 9.47 Å². The van der Waals surface area contributed by atoms with Crippen LogP contribution in [0.1, 0.15) is 48.4 Å². The number of benzene rings is 2. The van der Waals surface area contributed by atoms with E-state index >= 15 is 0 Å². The second kappa shape index (κ2) is 13.9. The van der Waals surface area contributed by atoms with Crippen LogP contribution in [-0.2, 0) is 57.1 Å². The quantitative estimate of drug-likeness (QED) is 0.198. The summed E-state index contributed by atoms with van der Waals surface area (Å²) < 4.78 is 41.3. The molecule has 2 fully saturated rings. The van der Waals surface area contributed by atoms with E-state index < -0.39 is 84.6 Å². The van der Waals surface area contributed by atoms with Gasteiger partial charge >= 0.3 is 23.9 Å². The van der Waals surface area contributed by atoms with Crippen molar-refractivity contribution in [1.29, 1.82) is 0 Å². The van der Waals surface area contributed by atoms with E-state index in [4.69, 9.17) is 28.4 Å². The lowest BCUT2D eigenvalue weighted by molar-refractivity contribution is -0.172. The molecular formula is C32H34O14. The Kier molecular flexibility index (Phi) is 10.4. The van der Waals surface area contributed by atoms with Gasteiger partial charge in [-0.2, -0.15) is 0 Å². The van der Waals surface area contributed by atoms with Crippen LogP contribution in [0.4, 0.5) is 0 Å². The molecule has 14 heteroatoms. The van der Waals surface area contributed by atoms with Crippen LogP contribution >= 0.6 is 0 Å². The maximum absolute atomic E-state index is 12.7. The summed E-state index contributed by atoms with van der Waals surface area (Å²) in [6.07, 6.45) is -5.43. The summed E-state index contributed by atoms with van der Waals surface area (Å²) in [5.74, 6) is -6.92. The Balaban J connectivity index is 1.30. The van der Waals surface area contributed by atoms with Gasteiger partial charge in [-0.3, -0.25) is 9.59 Å². The van der Waals surface area contributed by atoms with Crippen molar-refractivity contribution >= 4 is 35.4 Å². The summed E-state index contributed by atoms with van der Waals surface area (Å²) in [7, 11) is 2.30. The van der Waals surface area contributed by atoms with Crippen molar-refractivity contribution in [3.8, 4) is 11.1 Å². The summed E-state index contributed by atoms with van der Waals surface area (Å²) in [4.78, 5) is 74.4. The van der Waals surface area contributed by atoms with Crippen LogP contribution in [0, 0.1) is 0 Å². The predicted octanol–water partition coefficient (Wildman–Crippen LogP) is 2.19. The number of esters is 4. The van der Waals surface area contributed by atoms with E-state index in [0.717, 1.165) is 25.3 Å². The first-order chi connectivity index (χ1) is 21.6. The number of hydrogen-bond acceptors (Lipinski definition) is 14. The lowest BCUT2D eigenvalue weighted by Gasteiger charge is -2.16. The van der Waals surface area contributed by atoms with Crippen LogP contribution in [-0.4, -0.2) is 98.9 Å². The van der Waals surface area contributed by atoms with Gasteiger partial charge in [0.25, 0.3) is 0 Å². The number of ketones is 2. The van der Waals surface area contributed by atoms with E-state index in [0.29, 0.717) is 0 Å². The molecule has 2 aliphatic rings. The summed E-state index contributed by atoms with van der Waals surface area (Å²) in [6.45, 7) is 4.93. The third-order valence-corrected chi connectivity index (χ3v) is 6.96. The van der Waals surface area contributed by atoms with Crippen molar-refractivity contribution in [2.24, 2.45) is 0 Å². The van der Waals surface area contributed by atoms with Crippen molar-refractivity contribution in [2.75, 3.05) is 27.4 Å². The van der Waals surface area contributed by atoms with Crippen LogP contribution < -0.4 is 0 Å². The molecule has 14 nitrogen and oxygen atoms in total. The van der Waals surface area contributed by atoms with Gasteiger partial charge in [0.05, 0.1) is 14.2 Å². The summed E-state index contributed by atoms with van der Waals surface area (Å²) in [5, 5.41) is 0. The Morgan fingerprint density at radius 1 is 0.522 bits per heavy atom. The van der Waals surface area contributed by atoms with E-state index in [-0.39, 0.29) is 11.1 Å². The Morgan fingerprint density at radius 3 is 1.09 bits per heavy atom. The van der Waals surface area contributed by atoms with Gasteiger partial charge in [-0.1, -0.05) is 48.5 Å². The second-order valence-corrected chi connectivity index (χ2v) is 11.2. The van der Waals surface area contributed by atoms with Crippen molar-refractivity contribution in [3.05, 3.63) is 59.7 Å². The van der Waals surface area contributed by atoms with Crippen LogP contribution in [0.25, 0.3) is 11.1 Å². The maximum atomic E-state index is 12.7. The monoisotopic (exact) mass is 642 g/mol. The highest BCUT2D eigenvalue weighted by Crippen LogP contribution is 2.31. The first kappa shape index (κ1) is 34.4. The lowest BCUT2D eigenvalue weighted by atomic mass is 10.0. The van der Waals surface area contributed by atoms with Crippen molar-refractivity contribution < 1.29 is 66.7 Å². The Bertz CT molecular complexity index is 1380. The predicted molar refractivity (Wildman–Crippen MR) is 154 cm³/mol. The van der Waals surface area contributed by atoms with Crippen LogP contribution in [0.2, 0.25) is 0 Å². The molecule has 2 aromatic rings. The number of hydrogen-bond donors (Lipinski definition) is 0. The fourth-order valence-corrected chi connectivity index (χ4v) is 4.75. The molecular weight excluding hydrogens is 608 g/mol. The molecule has 0 amide bonds. The molecule has 2 heterocycles. The molecule has 0 aliphatic carbocycles. The van der Waals surface area contributed by atoms with Gasteiger partial charge in [0.15, 0.2) is 60.8 Å². The summed E-state index contributed by atoms with van der Waals surface area (Å²) in [6, 6.07) is 12.9. The fraction of sp³-hybridized carbons (Fsp3) is 0.438. The standard InChI is InChI=1S/C32H34O14/c1-31(2)43-23(27(35)39-5)25(45-31)29(37)41-15-21(33)19-11-7-17(8-12-19)18-9-13-20(14-10-18)22(34)16-42-30(38)26-24(28(36)40-6)44-32(3,4)46-26/h7-14,23-26H,15-16H2,1-6H3/t23-,24-,25-,26-/m1/s1. The topological polar surface area (TPSA) is 176 Å². The third-order valence-electron chi connectivity index (χ3n) is 6.96. The Labute approximate surface area is 264 Å². The van der Waals surface area contributed by atoms with Crippen LogP contribution in [0.3, 0.4) is 0 Å². The zero-order chi connectivity index (χ0) is 33.8. The number of carbonyl (C=O) groups is 6. The molecule has 2 aromatic carbocycles. The van der Waals surface area contributed by atoms with Crippen molar-refractivity contribution in [2.45, 2.75) is 63.7 Å². The van der Waals surface area contributed by atoms with E-state index in [1.807, 2.05) is 0 Å². The summed E-state index contributed by atoms with van der Waals surface area (Å²) in [5.41, 5.74) is 2.00. The number of methoxy groups -OCH3 is 2. The Hall–Kier alpha value is -4.50. The maximum Gasteiger partial charge on any atom is 0.339 e. The average molecular weight is 643 g/mol. The molecule has 2 saturated heterocycles. The van der Waals surface area contributed by atoms with E-state index in [9.17, 15) is 28.8 Å². The van der Waals surface area contributed by atoms with Crippen LogP contribution in [0.15, 0.2) is 48.5 Å². The molecule has 0 N–H and O–H groups in total. The van der Waals surface area contributed by atoms with Crippen LogP contribution in [0.5, 0.6) is 0 Å². The number of rotatable bonds is 11. The van der Waals surface area contributed by atoms with E-state index in [1.54, 1.807) is 48.5 Å². The highest BCUT2D eigenvalue weighted by atomic mass is 16.8. The average Bonchev–Trinajstić information content (AvgIpc) is 3.56. The zero-order valence-corrected chi connectivity index (χ0v) is 26.1. The summed E-state index contributed by atoms with van der Waals surface area (Å²) >= 11 is 0. The minimum atomic E-state index is -1.39. The van der Waals surface area contributed by atoms with Gasteiger partial charge in [-0.25, -0.2) is 19.2 Å². The molecule has 2 aliphatic heterocycles. The van der Waals surface area contributed by atoms with Crippen molar-refractivity contribution in [3.63, 3.8) is 0 Å². The first-order valence-electron chi connectivity index (χ1n) is 14.1. The second-order valence-electron chi connectivity index (χ2n) is 11.2. The lowest BCUT2D eigenvalue weighted by Crippen LogP contribution is -2.39. The number of carbonyl (C=O) groups excluding carboxylic acids is 6. The largest absolute Gasteiger partial charge is 0.467 e. The van der Waals surface area contributed by atoms with Gasteiger partial charge in [-0.15, -0.1) is 0 Å². The van der Waals surface area contributed by atoms with Gasteiger partial charge in [0.2, 0.25) is 0 Å². The number of Topliss-reactive ketones (excluding diaryl/α,β-unsaturated/α-hetero) is 2. The molecule has 4 rings (SSSR count). The highest BCUT2D eigenvalue weighted by molar-refractivity contribution is 6.00. The van der Waals surface area contributed by atoms with Gasteiger partial charge < -0.3 is 37.9 Å².